The quantitative estimate of drug-likeness (QED) is 0.420. The van der Waals surface area contributed by atoms with E-state index >= 15 is 0 Å². The van der Waals surface area contributed by atoms with E-state index in [1.165, 1.54) is 23.5 Å². The molecule has 0 aliphatic rings. The van der Waals surface area contributed by atoms with Gasteiger partial charge in [-0.05, 0) is 48.2 Å². The minimum atomic E-state index is -0.284. The highest BCUT2D eigenvalue weighted by molar-refractivity contribution is 7.13. The Hall–Kier alpha value is -3.45. The van der Waals surface area contributed by atoms with Crippen molar-refractivity contribution in [3.8, 4) is 16.5 Å². The van der Waals surface area contributed by atoms with Crippen LogP contribution in [0.1, 0.15) is 17.0 Å². The van der Waals surface area contributed by atoms with E-state index in [2.05, 4.69) is 10.3 Å². The molecule has 0 spiro atoms. The molecule has 2 aromatic heterocycles. The van der Waals surface area contributed by atoms with Crippen molar-refractivity contribution in [2.45, 2.75) is 20.0 Å². The molecule has 30 heavy (non-hydrogen) atoms. The molecule has 7 heteroatoms. The number of benzene rings is 2. The Morgan fingerprint density at radius 1 is 1.17 bits per heavy atom. The second-order valence-electron chi connectivity index (χ2n) is 6.67. The monoisotopic (exact) mass is 422 g/mol. The maximum absolute atomic E-state index is 13.0. The van der Waals surface area contributed by atoms with Crippen LogP contribution in [0.25, 0.3) is 10.8 Å². The number of aryl methyl sites for hydroxylation is 1. The fourth-order valence-electron chi connectivity index (χ4n) is 2.87. The summed E-state index contributed by atoms with van der Waals surface area (Å²) in [7, 11) is 0. The van der Waals surface area contributed by atoms with Crippen molar-refractivity contribution < 1.29 is 18.3 Å². The molecule has 0 saturated carbocycles. The summed E-state index contributed by atoms with van der Waals surface area (Å²) in [6, 6.07) is 17.1. The van der Waals surface area contributed by atoms with E-state index in [1.54, 1.807) is 43.3 Å². The molecule has 1 N–H and O–H groups in total. The molecule has 0 aliphatic heterocycles. The Balaban J connectivity index is 1.36. The van der Waals surface area contributed by atoms with Crippen LogP contribution in [0.3, 0.4) is 0 Å². The second kappa shape index (κ2) is 8.92. The summed E-state index contributed by atoms with van der Waals surface area (Å²) in [5.74, 6) is 1.29. The third-order valence-corrected chi connectivity index (χ3v) is 5.25. The average Bonchev–Trinajstić information content (AvgIpc) is 3.38. The lowest BCUT2D eigenvalue weighted by Gasteiger charge is -2.09. The van der Waals surface area contributed by atoms with Crippen molar-refractivity contribution in [3.63, 3.8) is 0 Å². The number of nitrogens with zero attached hydrogens (tertiary/aromatic N) is 1. The topological polar surface area (TPSA) is 64.4 Å². The van der Waals surface area contributed by atoms with Gasteiger partial charge in [-0.3, -0.25) is 4.79 Å². The molecule has 0 fully saturated rings. The molecule has 2 aromatic carbocycles. The van der Waals surface area contributed by atoms with Gasteiger partial charge in [-0.25, -0.2) is 9.37 Å². The smallest absolute Gasteiger partial charge is 0.236 e. The van der Waals surface area contributed by atoms with E-state index < -0.39 is 0 Å². The first-order chi connectivity index (χ1) is 14.6. The van der Waals surface area contributed by atoms with Crippen molar-refractivity contribution in [2.24, 2.45) is 0 Å². The predicted molar refractivity (Wildman–Crippen MR) is 114 cm³/mol. The van der Waals surface area contributed by atoms with Crippen LogP contribution in [0.15, 0.2) is 70.5 Å². The summed E-state index contributed by atoms with van der Waals surface area (Å²) in [4.78, 5) is 17.9. The number of halogens is 1. The Morgan fingerprint density at radius 3 is 2.77 bits per heavy atom. The van der Waals surface area contributed by atoms with Gasteiger partial charge in [0, 0.05) is 11.8 Å². The van der Waals surface area contributed by atoms with Gasteiger partial charge in [0.2, 0.25) is 11.8 Å². The molecular weight excluding hydrogens is 403 g/mol. The molecule has 0 atom stereocenters. The van der Waals surface area contributed by atoms with Crippen LogP contribution in [-0.4, -0.2) is 10.9 Å². The molecule has 1 amide bonds. The predicted octanol–water partition coefficient (Wildman–Crippen LogP) is 5.61. The third kappa shape index (κ3) is 4.93. The summed E-state index contributed by atoms with van der Waals surface area (Å²) >= 11 is 1.54. The number of oxazole rings is 1. The van der Waals surface area contributed by atoms with E-state index in [4.69, 9.17) is 9.15 Å². The van der Waals surface area contributed by atoms with Gasteiger partial charge in [0.05, 0.1) is 17.0 Å². The van der Waals surface area contributed by atoms with Gasteiger partial charge < -0.3 is 14.5 Å². The van der Waals surface area contributed by atoms with E-state index in [1.807, 2.05) is 17.5 Å². The van der Waals surface area contributed by atoms with E-state index in [-0.39, 0.29) is 18.1 Å². The number of hydrogen-bond donors (Lipinski definition) is 1. The van der Waals surface area contributed by atoms with Crippen LogP contribution >= 0.6 is 11.3 Å². The number of carbonyl (C=O) groups excluding carboxylic acids is 1. The number of rotatable bonds is 7. The first kappa shape index (κ1) is 19.8. The average molecular weight is 422 g/mol. The summed E-state index contributed by atoms with van der Waals surface area (Å²) < 4.78 is 24.4. The number of amides is 1. The van der Waals surface area contributed by atoms with Crippen LogP contribution in [0.2, 0.25) is 0 Å². The van der Waals surface area contributed by atoms with Gasteiger partial charge in [-0.1, -0.05) is 24.3 Å². The Morgan fingerprint density at radius 2 is 2.00 bits per heavy atom. The number of nitrogens with one attached hydrogen (secondary N) is 1. The molecule has 4 rings (SSSR count). The fourth-order valence-corrected chi connectivity index (χ4v) is 3.51. The fraction of sp³-hybridized carbons (Fsp3) is 0.130. The SMILES string of the molecule is Cc1oc(-c2cccs2)nc1CC(=O)Nc1cccc(OCc2ccc(F)cc2)c1. The summed E-state index contributed by atoms with van der Waals surface area (Å²) in [5, 5.41) is 4.81. The first-order valence-electron chi connectivity index (χ1n) is 9.34. The van der Waals surface area contributed by atoms with Gasteiger partial charge in [0.15, 0.2) is 0 Å². The van der Waals surface area contributed by atoms with Crippen molar-refractivity contribution >= 4 is 22.9 Å². The van der Waals surface area contributed by atoms with Crippen LogP contribution < -0.4 is 10.1 Å². The molecule has 152 valence electrons. The number of carbonyl (C=O) groups is 1. The molecule has 2 heterocycles. The highest BCUT2D eigenvalue weighted by atomic mass is 32.1. The maximum atomic E-state index is 13.0. The Kier molecular flexibility index (Phi) is 5.90. The standard InChI is InChI=1S/C23H19FN2O3S/c1-15-20(26-23(29-15)21-6-3-11-30-21)13-22(27)25-18-4-2-5-19(12-18)28-14-16-7-9-17(24)10-8-16/h2-12H,13-14H2,1H3,(H,25,27). The van der Waals surface area contributed by atoms with E-state index in [9.17, 15) is 9.18 Å². The minimum absolute atomic E-state index is 0.112. The van der Waals surface area contributed by atoms with Crippen molar-refractivity contribution in [3.05, 3.63) is 88.9 Å². The van der Waals surface area contributed by atoms with Crippen LogP contribution in [-0.2, 0) is 17.8 Å². The zero-order valence-corrected chi connectivity index (χ0v) is 17.0. The number of aromatic nitrogens is 1. The van der Waals surface area contributed by atoms with Gasteiger partial charge in [0.1, 0.15) is 23.9 Å². The molecule has 0 bridgehead atoms. The molecule has 4 aromatic rings. The molecular formula is C23H19FN2O3S. The molecule has 0 unspecified atom stereocenters. The normalized spacial score (nSPS) is 10.7. The lowest BCUT2D eigenvalue weighted by atomic mass is 10.2. The minimum Gasteiger partial charge on any atom is -0.489 e. The summed E-state index contributed by atoms with van der Waals surface area (Å²) in [6.45, 7) is 2.11. The van der Waals surface area contributed by atoms with Crippen molar-refractivity contribution in [1.29, 1.82) is 0 Å². The lowest BCUT2D eigenvalue weighted by Crippen LogP contribution is -2.15. The zero-order valence-electron chi connectivity index (χ0n) is 16.2. The van der Waals surface area contributed by atoms with Gasteiger partial charge >= 0.3 is 0 Å². The Bertz CT molecular complexity index is 1140. The van der Waals surface area contributed by atoms with E-state index in [0.29, 0.717) is 35.4 Å². The number of anilines is 1. The first-order valence-corrected chi connectivity index (χ1v) is 10.2. The van der Waals surface area contributed by atoms with Gasteiger partial charge in [0.25, 0.3) is 0 Å². The molecule has 5 nitrogen and oxygen atoms in total. The van der Waals surface area contributed by atoms with Gasteiger partial charge in [-0.15, -0.1) is 11.3 Å². The molecule has 0 aliphatic carbocycles. The third-order valence-electron chi connectivity index (χ3n) is 4.39. The highest BCUT2D eigenvalue weighted by Crippen LogP contribution is 2.26. The lowest BCUT2D eigenvalue weighted by molar-refractivity contribution is -0.115. The Labute approximate surface area is 177 Å². The van der Waals surface area contributed by atoms with Crippen molar-refractivity contribution in [2.75, 3.05) is 5.32 Å². The van der Waals surface area contributed by atoms with Crippen LogP contribution in [0, 0.1) is 12.7 Å². The molecule has 0 saturated heterocycles. The maximum Gasteiger partial charge on any atom is 0.236 e. The number of ether oxygens (including phenoxy) is 1. The summed E-state index contributed by atoms with van der Waals surface area (Å²) in [6.07, 6.45) is 0.112. The zero-order chi connectivity index (χ0) is 20.9. The highest BCUT2D eigenvalue weighted by Gasteiger charge is 2.15. The number of thiophene rings is 1. The van der Waals surface area contributed by atoms with E-state index in [0.717, 1.165) is 10.4 Å². The summed E-state index contributed by atoms with van der Waals surface area (Å²) in [5.41, 5.74) is 2.09. The van der Waals surface area contributed by atoms with Crippen molar-refractivity contribution in [1.82, 2.24) is 4.98 Å². The number of hydrogen-bond acceptors (Lipinski definition) is 5. The largest absolute Gasteiger partial charge is 0.489 e. The van der Waals surface area contributed by atoms with Crippen LogP contribution in [0.4, 0.5) is 10.1 Å². The van der Waals surface area contributed by atoms with Gasteiger partial charge in [-0.2, -0.15) is 0 Å². The van der Waals surface area contributed by atoms with Crippen LogP contribution in [0.5, 0.6) is 5.75 Å². The second-order valence-corrected chi connectivity index (χ2v) is 7.61. The molecule has 0 radical (unpaired) electrons.